The van der Waals surface area contributed by atoms with E-state index in [4.69, 9.17) is 5.11 Å². The van der Waals surface area contributed by atoms with Crippen molar-refractivity contribution >= 4 is 5.71 Å². The number of hydrogen-bond donors (Lipinski definition) is 2. The maximum absolute atomic E-state index is 13.0. The standard InChI is InChI=1S/C15H16FN3O/c16-14-3-1-13(2-4-14)15(19-18-9-10-20)11-12-5-7-17-8-6-12/h1-8,18,20H,9-11H2/b19-15-. The molecule has 104 valence electrons. The molecule has 5 heteroatoms. The van der Waals surface area contributed by atoms with Gasteiger partial charge in [0.15, 0.2) is 0 Å². The van der Waals surface area contributed by atoms with Crippen molar-refractivity contribution in [2.24, 2.45) is 5.10 Å². The van der Waals surface area contributed by atoms with Crippen LogP contribution in [0.2, 0.25) is 0 Å². The molecule has 0 amide bonds. The summed E-state index contributed by atoms with van der Waals surface area (Å²) in [6, 6.07) is 10.0. The van der Waals surface area contributed by atoms with Crippen LogP contribution in [0.5, 0.6) is 0 Å². The normalized spacial score (nSPS) is 11.4. The summed E-state index contributed by atoms with van der Waals surface area (Å²) in [6.07, 6.45) is 4.05. The van der Waals surface area contributed by atoms with Gasteiger partial charge >= 0.3 is 0 Å². The first-order chi connectivity index (χ1) is 9.79. The molecule has 0 atom stereocenters. The predicted octanol–water partition coefficient (Wildman–Crippen LogP) is 1.75. The molecule has 0 fully saturated rings. The van der Waals surface area contributed by atoms with Gasteiger partial charge in [-0.3, -0.25) is 4.98 Å². The molecular formula is C15H16FN3O. The highest BCUT2D eigenvalue weighted by Crippen LogP contribution is 2.09. The Bertz CT molecular complexity index is 555. The van der Waals surface area contributed by atoms with Crippen molar-refractivity contribution in [3.05, 3.63) is 65.7 Å². The molecule has 20 heavy (non-hydrogen) atoms. The van der Waals surface area contributed by atoms with Crippen molar-refractivity contribution in [2.45, 2.75) is 6.42 Å². The van der Waals surface area contributed by atoms with E-state index in [1.165, 1.54) is 12.1 Å². The SMILES string of the molecule is OCCN/N=C(/Cc1ccncc1)c1ccc(F)cc1. The number of aliphatic hydroxyl groups excluding tert-OH is 1. The van der Waals surface area contributed by atoms with Gasteiger partial charge < -0.3 is 10.5 Å². The lowest BCUT2D eigenvalue weighted by molar-refractivity contribution is 0.293. The number of benzene rings is 1. The summed E-state index contributed by atoms with van der Waals surface area (Å²) in [7, 11) is 0. The molecule has 0 aliphatic rings. The first-order valence-corrected chi connectivity index (χ1v) is 6.34. The predicted molar refractivity (Wildman–Crippen MR) is 76.0 cm³/mol. The topological polar surface area (TPSA) is 57.5 Å². The van der Waals surface area contributed by atoms with Crippen LogP contribution < -0.4 is 5.43 Å². The lowest BCUT2D eigenvalue weighted by atomic mass is 10.0. The Morgan fingerprint density at radius 1 is 1.15 bits per heavy atom. The zero-order chi connectivity index (χ0) is 14.2. The Morgan fingerprint density at radius 3 is 2.50 bits per heavy atom. The fourth-order valence-corrected chi connectivity index (χ4v) is 1.74. The molecule has 0 aliphatic heterocycles. The molecule has 0 spiro atoms. The summed E-state index contributed by atoms with van der Waals surface area (Å²) < 4.78 is 13.0. The third kappa shape index (κ3) is 4.13. The second-order valence-corrected chi connectivity index (χ2v) is 4.23. The molecule has 4 nitrogen and oxygen atoms in total. The van der Waals surface area contributed by atoms with E-state index in [0.29, 0.717) is 13.0 Å². The molecule has 2 rings (SSSR count). The van der Waals surface area contributed by atoms with E-state index < -0.39 is 0 Å². The molecule has 2 N–H and O–H groups in total. The summed E-state index contributed by atoms with van der Waals surface area (Å²) in [5, 5.41) is 13.1. The average Bonchev–Trinajstić information content (AvgIpc) is 2.48. The van der Waals surface area contributed by atoms with Crippen LogP contribution in [0, 0.1) is 5.82 Å². The number of hydrogen-bond acceptors (Lipinski definition) is 4. The van der Waals surface area contributed by atoms with E-state index in [9.17, 15) is 4.39 Å². The van der Waals surface area contributed by atoms with Gasteiger partial charge in [-0.15, -0.1) is 0 Å². The summed E-state index contributed by atoms with van der Waals surface area (Å²) in [4.78, 5) is 3.97. The maximum Gasteiger partial charge on any atom is 0.123 e. The first-order valence-electron chi connectivity index (χ1n) is 6.34. The van der Waals surface area contributed by atoms with Gasteiger partial charge in [0.25, 0.3) is 0 Å². The fourth-order valence-electron chi connectivity index (χ4n) is 1.74. The van der Waals surface area contributed by atoms with E-state index in [1.54, 1.807) is 24.5 Å². The number of aromatic nitrogens is 1. The fraction of sp³-hybridized carbons (Fsp3) is 0.200. The molecule has 2 aromatic rings. The summed E-state index contributed by atoms with van der Waals surface area (Å²) in [6.45, 7) is 0.385. The second-order valence-electron chi connectivity index (χ2n) is 4.23. The van der Waals surface area contributed by atoms with Gasteiger partial charge in [-0.1, -0.05) is 12.1 Å². The van der Waals surface area contributed by atoms with Crippen molar-refractivity contribution in [1.82, 2.24) is 10.4 Å². The van der Waals surface area contributed by atoms with Crippen LogP contribution in [-0.2, 0) is 6.42 Å². The van der Waals surface area contributed by atoms with E-state index >= 15 is 0 Å². The minimum Gasteiger partial charge on any atom is -0.394 e. The number of pyridine rings is 1. The smallest absolute Gasteiger partial charge is 0.123 e. The first kappa shape index (κ1) is 14.1. The number of nitrogens with zero attached hydrogens (tertiary/aromatic N) is 2. The number of rotatable bonds is 6. The van der Waals surface area contributed by atoms with Crippen LogP contribution in [0.15, 0.2) is 53.9 Å². The summed E-state index contributed by atoms with van der Waals surface area (Å²) >= 11 is 0. The highest BCUT2D eigenvalue weighted by molar-refractivity contribution is 6.01. The van der Waals surface area contributed by atoms with Crippen LogP contribution in [0.1, 0.15) is 11.1 Å². The Hall–Kier alpha value is -2.27. The zero-order valence-electron chi connectivity index (χ0n) is 11.0. The van der Waals surface area contributed by atoms with Gasteiger partial charge in [-0.25, -0.2) is 4.39 Å². The van der Waals surface area contributed by atoms with Crippen LogP contribution in [0.25, 0.3) is 0 Å². The monoisotopic (exact) mass is 273 g/mol. The molecule has 0 aliphatic carbocycles. The maximum atomic E-state index is 13.0. The molecule has 0 saturated heterocycles. The number of hydrazone groups is 1. The minimum atomic E-state index is -0.277. The van der Waals surface area contributed by atoms with Gasteiger partial charge in [0.05, 0.1) is 18.9 Å². The molecule has 0 radical (unpaired) electrons. The average molecular weight is 273 g/mol. The van der Waals surface area contributed by atoms with Crippen molar-refractivity contribution in [3.8, 4) is 0 Å². The Labute approximate surface area is 117 Å². The Balaban J connectivity index is 2.20. The molecule has 1 aromatic heterocycles. The van der Waals surface area contributed by atoms with E-state index in [1.807, 2.05) is 12.1 Å². The quantitative estimate of drug-likeness (QED) is 0.479. The molecule has 1 aromatic carbocycles. The van der Waals surface area contributed by atoms with Crippen molar-refractivity contribution < 1.29 is 9.50 Å². The van der Waals surface area contributed by atoms with Gasteiger partial charge in [0.2, 0.25) is 0 Å². The highest BCUT2D eigenvalue weighted by Gasteiger charge is 2.06. The lowest BCUT2D eigenvalue weighted by Gasteiger charge is -2.08. The largest absolute Gasteiger partial charge is 0.394 e. The van der Waals surface area contributed by atoms with Crippen LogP contribution in [0.3, 0.4) is 0 Å². The Morgan fingerprint density at radius 2 is 1.85 bits per heavy atom. The molecule has 1 heterocycles. The third-order valence-corrected chi connectivity index (χ3v) is 2.74. The van der Waals surface area contributed by atoms with Crippen molar-refractivity contribution in [3.63, 3.8) is 0 Å². The van der Waals surface area contributed by atoms with E-state index in [0.717, 1.165) is 16.8 Å². The summed E-state index contributed by atoms with van der Waals surface area (Å²) in [5.41, 5.74) is 5.48. The number of aliphatic hydroxyl groups is 1. The Kier molecular flexibility index (Phi) is 5.20. The van der Waals surface area contributed by atoms with E-state index in [2.05, 4.69) is 15.5 Å². The lowest BCUT2D eigenvalue weighted by Crippen LogP contribution is -2.16. The van der Waals surface area contributed by atoms with Crippen LogP contribution in [-0.4, -0.2) is 29.0 Å². The molecule has 0 saturated carbocycles. The van der Waals surface area contributed by atoms with Gasteiger partial charge in [0.1, 0.15) is 5.82 Å². The minimum absolute atomic E-state index is 0.00938. The van der Waals surface area contributed by atoms with Gasteiger partial charge in [-0.2, -0.15) is 5.10 Å². The summed E-state index contributed by atoms with van der Waals surface area (Å²) in [5.74, 6) is -0.277. The molecular weight excluding hydrogens is 257 g/mol. The van der Waals surface area contributed by atoms with Crippen molar-refractivity contribution in [1.29, 1.82) is 0 Å². The third-order valence-electron chi connectivity index (χ3n) is 2.74. The van der Waals surface area contributed by atoms with E-state index in [-0.39, 0.29) is 12.4 Å². The van der Waals surface area contributed by atoms with Gasteiger partial charge in [-0.05, 0) is 35.4 Å². The second kappa shape index (κ2) is 7.35. The molecule has 0 bridgehead atoms. The van der Waals surface area contributed by atoms with Crippen molar-refractivity contribution in [2.75, 3.05) is 13.2 Å². The zero-order valence-corrected chi connectivity index (χ0v) is 11.0. The number of halogens is 1. The number of nitrogens with one attached hydrogen (secondary N) is 1. The highest BCUT2D eigenvalue weighted by atomic mass is 19.1. The molecule has 0 unspecified atom stereocenters. The van der Waals surface area contributed by atoms with Crippen LogP contribution >= 0.6 is 0 Å². The van der Waals surface area contributed by atoms with Crippen LogP contribution in [0.4, 0.5) is 4.39 Å². The van der Waals surface area contributed by atoms with Gasteiger partial charge in [0, 0.05) is 18.8 Å².